The molecular formula is C20H20N3S+. The summed E-state index contributed by atoms with van der Waals surface area (Å²) in [7, 11) is 0. The Labute approximate surface area is 146 Å². The van der Waals surface area contributed by atoms with Gasteiger partial charge in [-0.3, -0.25) is 0 Å². The van der Waals surface area contributed by atoms with E-state index in [1.807, 2.05) is 29.5 Å². The van der Waals surface area contributed by atoms with Crippen LogP contribution in [0.15, 0.2) is 48.5 Å². The second-order valence-electron chi connectivity index (χ2n) is 6.53. The van der Waals surface area contributed by atoms with Crippen molar-refractivity contribution < 1.29 is 4.90 Å². The minimum absolute atomic E-state index is 0.608. The maximum atomic E-state index is 9.03. The van der Waals surface area contributed by atoms with Crippen LogP contribution >= 0.6 is 11.3 Å². The molecule has 2 heterocycles. The molecule has 1 aromatic heterocycles. The van der Waals surface area contributed by atoms with Gasteiger partial charge in [0.25, 0.3) is 0 Å². The average Bonchev–Trinajstić information content (AvgIpc) is 3.06. The van der Waals surface area contributed by atoms with Crippen molar-refractivity contribution in [2.45, 2.75) is 25.3 Å². The molecule has 0 amide bonds. The standard InChI is InChI=1S/C20H19N3S/c21-13-15-4-3-5-16(12-15)14-23-10-8-17(9-11-23)20-22-18-6-1-2-7-19(18)24-20/h1-7,12,17H,8-11,14H2/p+1. The summed E-state index contributed by atoms with van der Waals surface area (Å²) in [6.07, 6.45) is 2.40. The van der Waals surface area contributed by atoms with Crippen molar-refractivity contribution in [3.05, 3.63) is 64.7 Å². The topological polar surface area (TPSA) is 41.1 Å². The summed E-state index contributed by atoms with van der Waals surface area (Å²) < 4.78 is 1.30. The predicted octanol–water partition coefficient (Wildman–Crippen LogP) is 3.13. The number of likely N-dealkylation sites (tertiary alicyclic amines) is 1. The fourth-order valence-corrected chi connectivity index (χ4v) is 4.69. The van der Waals surface area contributed by atoms with Gasteiger partial charge in [-0.1, -0.05) is 24.3 Å². The zero-order valence-electron chi connectivity index (χ0n) is 13.5. The van der Waals surface area contributed by atoms with Crippen LogP contribution in [0, 0.1) is 11.3 Å². The summed E-state index contributed by atoms with van der Waals surface area (Å²) in [5.41, 5.74) is 3.17. The molecule has 4 heteroatoms. The zero-order chi connectivity index (χ0) is 16.4. The van der Waals surface area contributed by atoms with Gasteiger partial charge in [0.15, 0.2) is 0 Å². The van der Waals surface area contributed by atoms with E-state index in [1.54, 1.807) is 4.90 Å². The Morgan fingerprint density at radius 3 is 2.75 bits per heavy atom. The molecule has 1 aliphatic heterocycles. The first kappa shape index (κ1) is 15.3. The van der Waals surface area contributed by atoms with Gasteiger partial charge in [0.05, 0.1) is 39.9 Å². The van der Waals surface area contributed by atoms with E-state index in [9.17, 15) is 0 Å². The molecule has 0 radical (unpaired) electrons. The van der Waals surface area contributed by atoms with Gasteiger partial charge in [-0.15, -0.1) is 11.3 Å². The first-order chi connectivity index (χ1) is 11.8. The SMILES string of the molecule is N#Cc1cccc(C[NH+]2CCC(c3nc4ccccc4s3)CC2)c1. The van der Waals surface area contributed by atoms with Gasteiger partial charge in [-0.2, -0.15) is 5.26 Å². The molecule has 3 nitrogen and oxygen atoms in total. The fourth-order valence-electron chi connectivity index (χ4n) is 3.55. The maximum Gasteiger partial charge on any atom is 0.103 e. The number of benzene rings is 2. The van der Waals surface area contributed by atoms with E-state index >= 15 is 0 Å². The predicted molar refractivity (Wildman–Crippen MR) is 97.2 cm³/mol. The molecule has 4 rings (SSSR count). The third kappa shape index (κ3) is 3.19. The minimum Gasteiger partial charge on any atom is -0.331 e. The zero-order valence-corrected chi connectivity index (χ0v) is 14.4. The molecule has 1 fully saturated rings. The summed E-state index contributed by atoms with van der Waals surface area (Å²) >= 11 is 1.86. The number of nitriles is 1. The lowest BCUT2D eigenvalue weighted by Crippen LogP contribution is -3.11. The minimum atomic E-state index is 0.608. The molecule has 2 aromatic carbocycles. The number of aromatic nitrogens is 1. The highest BCUT2D eigenvalue weighted by Crippen LogP contribution is 2.31. The van der Waals surface area contributed by atoms with Crippen LogP contribution in [0.25, 0.3) is 10.2 Å². The highest BCUT2D eigenvalue weighted by Gasteiger charge is 2.25. The van der Waals surface area contributed by atoms with E-state index in [-0.39, 0.29) is 0 Å². The Bertz CT molecular complexity index is 852. The number of nitrogens with one attached hydrogen (secondary N) is 1. The summed E-state index contributed by atoms with van der Waals surface area (Å²) in [6, 6.07) is 18.7. The fraction of sp³-hybridized carbons (Fsp3) is 0.300. The van der Waals surface area contributed by atoms with Crippen LogP contribution in [0.3, 0.4) is 0 Å². The number of hydrogen-bond acceptors (Lipinski definition) is 3. The molecule has 0 unspecified atom stereocenters. The Morgan fingerprint density at radius 1 is 1.12 bits per heavy atom. The van der Waals surface area contributed by atoms with Gasteiger partial charge in [-0.25, -0.2) is 4.98 Å². The average molecular weight is 334 g/mol. The van der Waals surface area contributed by atoms with Crippen LogP contribution in [0.2, 0.25) is 0 Å². The van der Waals surface area contributed by atoms with E-state index in [1.165, 1.54) is 41.2 Å². The van der Waals surface area contributed by atoms with Gasteiger partial charge in [0.1, 0.15) is 6.54 Å². The summed E-state index contributed by atoms with van der Waals surface area (Å²) in [6.45, 7) is 3.37. The van der Waals surface area contributed by atoms with Gasteiger partial charge in [-0.05, 0) is 24.3 Å². The molecule has 0 atom stereocenters. The number of hydrogen-bond donors (Lipinski definition) is 1. The van der Waals surface area contributed by atoms with Crippen molar-refractivity contribution in [2.75, 3.05) is 13.1 Å². The van der Waals surface area contributed by atoms with Gasteiger partial charge in [0, 0.05) is 24.3 Å². The Morgan fingerprint density at radius 2 is 1.96 bits per heavy atom. The molecule has 24 heavy (non-hydrogen) atoms. The molecule has 0 spiro atoms. The third-order valence-electron chi connectivity index (χ3n) is 4.86. The van der Waals surface area contributed by atoms with E-state index < -0.39 is 0 Å². The van der Waals surface area contributed by atoms with Crippen LogP contribution in [-0.4, -0.2) is 18.1 Å². The van der Waals surface area contributed by atoms with Crippen LogP contribution in [-0.2, 0) is 6.54 Å². The van der Waals surface area contributed by atoms with Crippen LogP contribution < -0.4 is 4.90 Å². The summed E-state index contributed by atoms with van der Waals surface area (Å²) in [4.78, 5) is 6.45. The summed E-state index contributed by atoms with van der Waals surface area (Å²) in [5.74, 6) is 0.608. The number of thiazole rings is 1. The third-order valence-corrected chi connectivity index (χ3v) is 6.06. The Hall–Kier alpha value is -2.22. The van der Waals surface area contributed by atoms with Crippen molar-refractivity contribution in [1.29, 1.82) is 5.26 Å². The molecular weight excluding hydrogens is 314 g/mol. The molecule has 0 aliphatic carbocycles. The lowest BCUT2D eigenvalue weighted by atomic mass is 9.97. The molecule has 0 bridgehead atoms. The van der Waals surface area contributed by atoms with Crippen molar-refractivity contribution in [2.24, 2.45) is 0 Å². The highest BCUT2D eigenvalue weighted by atomic mass is 32.1. The van der Waals surface area contributed by atoms with Crippen molar-refractivity contribution in [1.82, 2.24) is 4.98 Å². The Balaban J connectivity index is 1.40. The second-order valence-corrected chi connectivity index (χ2v) is 7.60. The highest BCUT2D eigenvalue weighted by molar-refractivity contribution is 7.18. The first-order valence-electron chi connectivity index (χ1n) is 8.50. The monoisotopic (exact) mass is 334 g/mol. The number of piperidine rings is 1. The van der Waals surface area contributed by atoms with Gasteiger partial charge >= 0.3 is 0 Å². The molecule has 1 aliphatic rings. The van der Waals surface area contributed by atoms with Gasteiger partial charge in [0.2, 0.25) is 0 Å². The normalized spacial score (nSPS) is 20.8. The number of nitrogens with zero attached hydrogens (tertiary/aromatic N) is 2. The number of fused-ring (bicyclic) bond motifs is 1. The Kier molecular flexibility index (Phi) is 4.29. The van der Waals surface area contributed by atoms with Crippen LogP contribution in [0.5, 0.6) is 0 Å². The molecule has 120 valence electrons. The number of para-hydroxylation sites is 1. The van der Waals surface area contributed by atoms with E-state index in [0.717, 1.165) is 17.6 Å². The van der Waals surface area contributed by atoms with Crippen LogP contribution in [0.1, 0.15) is 34.9 Å². The number of quaternary nitrogens is 1. The van der Waals surface area contributed by atoms with Crippen molar-refractivity contribution in [3.63, 3.8) is 0 Å². The smallest absolute Gasteiger partial charge is 0.103 e. The van der Waals surface area contributed by atoms with E-state index in [4.69, 9.17) is 10.2 Å². The van der Waals surface area contributed by atoms with Crippen LogP contribution in [0.4, 0.5) is 0 Å². The lowest BCUT2D eigenvalue weighted by Gasteiger charge is -2.28. The molecule has 3 aromatic rings. The first-order valence-corrected chi connectivity index (χ1v) is 9.31. The second kappa shape index (κ2) is 6.72. The molecule has 1 N–H and O–H groups in total. The number of rotatable bonds is 3. The quantitative estimate of drug-likeness (QED) is 0.799. The van der Waals surface area contributed by atoms with Gasteiger partial charge < -0.3 is 4.90 Å². The molecule has 0 saturated carbocycles. The van der Waals surface area contributed by atoms with E-state index in [2.05, 4.69) is 36.4 Å². The summed E-state index contributed by atoms with van der Waals surface area (Å²) in [5, 5.41) is 10.3. The maximum absolute atomic E-state index is 9.03. The van der Waals surface area contributed by atoms with E-state index in [0.29, 0.717) is 5.92 Å². The largest absolute Gasteiger partial charge is 0.331 e. The lowest BCUT2D eigenvalue weighted by molar-refractivity contribution is -0.919. The van der Waals surface area contributed by atoms with Crippen molar-refractivity contribution >= 4 is 21.6 Å². The molecule has 1 saturated heterocycles. The van der Waals surface area contributed by atoms with Crippen molar-refractivity contribution in [3.8, 4) is 6.07 Å².